The number of hydrogen-bond acceptors (Lipinski definition) is 4. The van der Waals surface area contributed by atoms with Gasteiger partial charge in [0.05, 0.1) is 12.8 Å². The standard InChI is InChI=1S/C12H18N2O2/c15-11(12-4-2-6-16-12)9-14-8-10-3-1-5-13-7-10/h2,4,6,10,13-14H,1,3,5,7-9H2. The first-order valence-corrected chi connectivity index (χ1v) is 5.84. The van der Waals surface area contributed by atoms with Gasteiger partial charge in [0, 0.05) is 0 Å². The van der Waals surface area contributed by atoms with Crippen molar-refractivity contribution in [3.05, 3.63) is 24.2 Å². The SMILES string of the molecule is O=C(CNCC1CCCNC1)c1ccco1. The Kier molecular flexibility index (Phi) is 4.13. The Labute approximate surface area is 95.4 Å². The van der Waals surface area contributed by atoms with Gasteiger partial charge in [-0.25, -0.2) is 0 Å². The minimum atomic E-state index is 0.0220. The molecule has 0 bridgehead atoms. The zero-order valence-corrected chi connectivity index (χ0v) is 9.37. The van der Waals surface area contributed by atoms with Crippen LogP contribution in [0.2, 0.25) is 0 Å². The number of rotatable bonds is 5. The van der Waals surface area contributed by atoms with E-state index in [1.807, 2.05) is 0 Å². The molecular weight excluding hydrogens is 204 g/mol. The van der Waals surface area contributed by atoms with E-state index < -0.39 is 0 Å². The average molecular weight is 222 g/mol. The highest BCUT2D eigenvalue weighted by molar-refractivity contribution is 5.94. The minimum Gasteiger partial charge on any atom is -0.461 e. The van der Waals surface area contributed by atoms with Gasteiger partial charge < -0.3 is 15.1 Å². The normalized spacial score (nSPS) is 20.9. The van der Waals surface area contributed by atoms with Crippen molar-refractivity contribution in [2.24, 2.45) is 5.92 Å². The number of nitrogens with one attached hydrogen (secondary N) is 2. The fraction of sp³-hybridized carbons (Fsp3) is 0.583. The van der Waals surface area contributed by atoms with Crippen LogP contribution in [0.3, 0.4) is 0 Å². The largest absolute Gasteiger partial charge is 0.461 e. The predicted octanol–water partition coefficient (Wildman–Crippen LogP) is 1.05. The number of piperidine rings is 1. The van der Waals surface area contributed by atoms with Crippen molar-refractivity contribution in [1.82, 2.24) is 10.6 Å². The zero-order valence-electron chi connectivity index (χ0n) is 9.37. The maximum Gasteiger partial charge on any atom is 0.211 e. The van der Waals surface area contributed by atoms with Crippen LogP contribution in [0.25, 0.3) is 0 Å². The van der Waals surface area contributed by atoms with Crippen molar-refractivity contribution in [2.75, 3.05) is 26.2 Å². The molecule has 1 aromatic rings. The van der Waals surface area contributed by atoms with Crippen LogP contribution >= 0.6 is 0 Å². The molecule has 1 aromatic heterocycles. The van der Waals surface area contributed by atoms with Crippen LogP contribution in [0.5, 0.6) is 0 Å². The number of ketones is 1. The predicted molar refractivity (Wildman–Crippen MR) is 61.5 cm³/mol. The van der Waals surface area contributed by atoms with Gasteiger partial charge in [0.25, 0.3) is 0 Å². The molecule has 1 fully saturated rings. The van der Waals surface area contributed by atoms with E-state index in [4.69, 9.17) is 4.42 Å². The van der Waals surface area contributed by atoms with E-state index in [2.05, 4.69) is 10.6 Å². The fourth-order valence-electron chi connectivity index (χ4n) is 2.01. The van der Waals surface area contributed by atoms with Crippen LogP contribution < -0.4 is 10.6 Å². The smallest absolute Gasteiger partial charge is 0.211 e. The van der Waals surface area contributed by atoms with E-state index in [1.165, 1.54) is 19.1 Å². The molecule has 0 spiro atoms. The Morgan fingerprint density at radius 3 is 3.25 bits per heavy atom. The Morgan fingerprint density at radius 1 is 1.62 bits per heavy atom. The number of Topliss-reactive ketones (excluding diaryl/α,β-unsaturated/α-hetero) is 1. The second-order valence-corrected chi connectivity index (χ2v) is 4.24. The molecule has 2 heterocycles. The lowest BCUT2D eigenvalue weighted by molar-refractivity contribution is 0.0963. The summed E-state index contributed by atoms with van der Waals surface area (Å²) in [5, 5.41) is 6.55. The van der Waals surface area contributed by atoms with E-state index in [9.17, 15) is 4.79 Å². The van der Waals surface area contributed by atoms with E-state index in [-0.39, 0.29) is 5.78 Å². The molecule has 1 aliphatic rings. The Bertz CT molecular complexity index is 316. The van der Waals surface area contributed by atoms with Crippen molar-refractivity contribution in [2.45, 2.75) is 12.8 Å². The first-order chi connectivity index (χ1) is 7.86. The van der Waals surface area contributed by atoms with Crippen molar-refractivity contribution in [3.63, 3.8) is 0 Å². The second kappa shape index (κ2) is 5.82. The lowest BCUT2D eigenvalue weighted by atomic mass is 10.00. The van der Waals surface area contributed by atoms with Crippen LogP contribution in [-0.4, -0.2) is 32.0 Å². The van der Waals surface area contributed by atoms with Gasteiger partial charge in [0.1, 0.15) is 0 Å². The molecule has 0 aromatic carbocycles. The summed E-state index contributed by atoms with van der Waals surface area (Å²) in [6.45, 7) is 3.45. The molecule has 1 unspecified atom stereocenters. The third-order valence-electron chi connectivity index (χ3n) is 2.91. The molecule has 88 valence electrons. The van der Waals surface area contributed by atoms with Crippen LogP contribution in [-0.2, 0) is 0 Å². The summed E-state index contributed by atoms with van der Waals surface area (Å²) in [6.07, 6.45) is 4.01. The number of carbonyl (C=O) groups is 1. The summed E-state index contributed by atoms with van der Waals surface area (Å²) >= 11 is 0. The highest BCUT2D eigenvalue weighted by atomic mass is 16.3. The van der Waals surface area contributed by atoms with Gasteiger partial charge >= 0.3 is 0 Å². The summed E-state index contributed by atoms with van der Waals surface area (Å²) in [4.78, 5) is 11.6. The first-order valence-electron chi connectivity index (χ1n) is 5.84. The van der Waals surface area contributed by atoms with Gasteiger partial charge in [-0.1, -0.05) is 0 Å². The maximum atomic E-state index is 11.6. The molecule has 1 aliphatic heterocycles. The number of carbonyl (C=O) groups excluding carboxylic acids is 1. The molecule has 2 rings (SSSR count). The highest BCUT2D eigenvalue weighted by Crippen LogP contribution is 2.08. The van der Waals surface area contributed by atoms with Crippen molar-refractivity contribution >= 4 is 5.78 Å². The van der Waals surface area contributed by atoms with Gasteiger partial charge in [-0.2, -0.15) is 0 Å². The zero-order chi connectivity index (χ0) is 11.2. The van der Waals surface area contributed by atoms with Crippen molar-refractivity contribution < 1.29 is 9.21 Å². The molecule has 0 saturated carbocycles. The van der Waals surface area contributed by atoms with E-state index in [0.29, 0.717) is 18.2 Å². The molecule has 0 aliphatic carbocycles. The lowest BCUT2D eigenvalue weighted by Crippen LogP contribution is -2.37. The third kappa shape index (κ3) is 3.18. The average Bonchev–Trinajstić information content (AvgIpc) is 2.84. The van der Waals surface area contributed by atoms with Gasteiger partial charge in [0.2, 0.25) is 5.78 Å². The Hall–Kier alpha value is -1.13. The van der Waals surface area contributed by atoms with E-state index in [1.54, 1.807) is 12.1 Å². The van der Waals surface area contributed by atoms with Gasteiger partial charge in [-0.15, -0.1) is 0 Å². The highest BCUT2D eigenvalue weighted by Gasteiger charge is 2.13. The van der Waals surface area contributed by atoms with Gasteiger partial charge in [0.15, 0.2) is 5.76 Å². The summed E-state index contributed by atoms with van der Waals surface area (Å²) in [7, 11) is 0. The van der Waals surface area contributed by atoms with Crippen LogP contribution in [0.15, 0.2) is 22.8 Å². The fourth-order valence-corrected chi connectivity index (χ4v) is 2.01. The minimum absolute atomic E-state index is 0.0220. The Morgan fingerprint density at radius 2 is 2.56 bits per heavy atom. The maximum absolute atomic E-state index is 11.6. The molecule has 4 heteroatoms. The van der Waals surface area contributed by atoms with Gasteiger partial charge in [-0.05, 0) is 50.5 Å². The summed E-state index contributed by atoms with van der Waals surface area (Å²) in [5.41, 5.74) is 0. The number of furan rings is 1. The Balaban J connectivity index is 1.66. The molecule has 4 nitrogen and oxygen atoms in total. The van der Waals surface area contributed by atoms with Crippen molar-refractivity contribution in [3.8, 4) is 0 Å². The number of hydrogen-bond donors (Lipinski definition) is 2. The molecule has 0 amide bonds. The van der Waals surface area contributed by atoms with E-state index in [0.717, 1.165) is 19.6 Å². The topological polar surface area (TPSA) is 54.3 Å². The van der Waals surface area contributed by atoms with Crippen molar-refractivity contribution in [1.29, 1.82) is 0 Å². The van der Waals surface area contributed by atoms with E-state index >= 15 is 0 Å². The van der Waals surface area contributed by atoms with Gasteiger partial charge in [-0.3, -0.25) is 4.79 Å². The molecular formula is C12H18N2O2. The molecule has 1 atom stereocenters. The quantitative estimate of drug-likeness (QED) is 0.731. The second-order valence-electron chi connectivity index (χ2n) is 4.24. The third-order valence-corrected chi connectivity index (χ3v) is 2.91. The summed E-state index contributed by atoms with van der Waals surface area (Å²) in [6, 6.07) is 3.43. The molecule has 16 heavy (non-hydrogen) atoms. The summed E-state index contributed by atoms with van der Waals surface area (Å²) < 4.78 is 5.04. The van der Waals surface area contributed by atoms with Crippen LogP contribution in [0, 0.1) is 5.92 Å². The van der Waals surface area contributed by atoms with Crippen LogP contribution in [0.1, 0.15) is 23.4 Å². The first kappa shape index (κ1) is 11.4. The molecule has 0 radical (unpaired) electrons. The van der Waals surface area contributed by atoms with Crippen LogP contribution in [0.4, 0.5) is 0 Å². The molecule has 1 saturated heterocycles. The lowest BCUT2D eigenvalue weighted by Gasteiger charge is -2.22. The molecule has 2 N–H and O–H groups in total. The summed E-state index contributed by atoms with van der Waals surface area (Å²) in [5.74, 6) is 1.11. The monoisotopic (exact) mass is 222 g/mol.